The highest BCUT2D eigenvalue weighted by molar-refractivity contribution is 14.1. The van der Waals surface area contributed by atoms with Crippen molar-refractivity contribution in [1.82, 2.24) is 0 Å². The maximum atomic E-state index is 11.3. The molecule has 56 valence electrons. The molecule has 10 heavy (non-hydrogen) atoms. The van der Waals surface area contributed by atoms with E-state index in [0.29, 0.717) is 15.1 Å². The Morgan fingerprint density at radius 2 is 2.00 bits per heavy atom. The first kappa shape index (κ1) is 7.07. The lowest BCUT2D eigenvalue weighted by molar-refractivity contribution is -0.127. The van der Waals surface area contributed by atoms with Crippen LogP contribution in [0.15, 0.2) is 0 Å². The van der Waals surface area contributed by atoms with Gasteiger partial charge in [0.25, 0.3) is 0 Å². The van der Waals surface area contributed by atoms with E-state index in [-0.39, 0.29) is 0 Å². The molecular weight excluding hydrogens is 239 g/mol. The Morgan fingerprint density at radius 3 is 2.30 bits per heavy atom. The predicted octanol–water partition coefficient (Wildman–Crippen LogP) is 2.32. The van der Waals surface area contributed by atoms with Crippen LogP contribution < -0.4 is 0 Å². The third kappa shape index (κ3) is 1.00. The average molecular weight is 250 g/mol. The molecule has 0 spiro atoms. The van der Waals surface area contributed by atoms with Gasteiger partial charge in [0.05, 0.1) is 0 Å². The van der Waals surface area contributed by atoms with Crippen molar-refractivity contribution in [1.29, 1.82) is 0 Å². The zero-order valence-corrected chi connectivity index (χ0v) is 8.06. The summed E-state index contributed by atoms with van der Waals surface area (Å²) in [6.45, 7) is 0. The Balaban J connectivity index is 2.22. The molecule has 0 aliphatic heterocycles. The normalized spacial score (nSPS) is 46.1. The molecule has 3 aliphatic carbocycles. The highest BCUT2D eigenvalue weighted by Crippen LogP contribution is 2.47. The largest absolute Gasteiger partial charge is 0.299 e. The van der Waals surface area contributed by atoms with Gasteiger partial charge < -0.3 is 0 Å². The van der Waals surface area contributed by atoms with E-state index >= 15 is 0 Å². The molecule has 3 saturated carbocycles. The first-order valence-electron chi connectivity index (χ1n) is 3.91. The SMILES string of the molecule is O=C1CC2(I)CCC1CC2. The van der Waals surface area contributed by atoms with Gasteiger partial charge in [-0.15, -0.1) is 0 Å². The molecule has 0 atom stereocenters. The molecule has 3 fully saturated rings. The van der Waals surface area contributed by atoms with Gasteiger partial charge in [-0.3, -0.25) is 4.79 Å². The lowest BCUT2D eigenvalue weighted by Gasteiger charge is -2.41. The molecule has 2 heteroatoms. The molecule has 0 N–H and O–H groups in total. The lowest BCUT2D eigenvalue weighted by atomic mass is 9.70. The minimum Gasteiger partial charge on any atom is -0.299 e. The van der Waals surface area contributed by atoms with E-state index in [9.17, 15) is 4.79 Å². The van der Waals surface area contributed by atoms with E-state index in [2.05, 4.69) is 22.6 Å². The molecule has 0 unspecified atom stereocenters. The van der Waals surface area contributed by atoms with Crippen LogP contribution >= 0.6 is 22.6 Å². The Kier molecular flexibility index (Phi) is 1.55. The van der Waals surface area contributed by atoms with Crippen LogP contribution in [0.25, 0.3) is 0 Å². The van der Waals surface area contributed by atoms with Crippen molar-refractivity contribution in [2.75, 3.05) is 0 Å². The summed E-state index contributed by atoms with van der Waals surface area (Å²) in [7, 11) is 0. The monoisotopic (exact) mass is 250 g/mol. The topological polar surface area (TPSA) is 17.1 Å². The standard InChI is InChI=1S/C8H11IO/c9-8-3-1-6(2-4-8)7(10)5-8/h6H,1-5H2. The van der Waals surface area contributed by atoms with Crippen molar-refractivity contribution in [3.05, 3.63) is 0 Å². The first-order valence-corrected chi connectivity index (χ1v) is 4.99. The fourth-order valence-electron chi connectivity index (χ4n) is 2.09. The fourth-order valence-corrected chi connectivity index (χ4v) is 3.09. The molecule has 3 aliphatic rings. The van der Waals surface area contributed by atoms with Gasteiger partial charge in [0.2, 0.25) is 0 Å². The van der Waals surface area contributed by atoms with Crippen molar-refractivity contribution in [2.24, 2.45) is 5.92 Å². The highest BCUT2D eigenvalue weighted by atomic mass is 127. The number of carbonyl (C=O) groups excluding carboxylic acids is 1. The summed E-state index contributed by atoms with van der Waals surface area (Å²) >= 11 is 2.49. The third-order valence-electron chi connectivity index (χ3n) is 2.83. The second-order valence-electron chi connectivity index (χ2n) is 3.57. The summed E-state index contributed by atoms with van der Waals surface area (Å²) in [6, 6.07) is 0. The van der Waals surface area contributed by atoms with Crippen LogP contribution in [0, 0.1) is 5.92 Å². The number of hydrogen-bond donors (Lipinski definition) is 0. The van der Waals surface area contributed by atoms with Crippen LogP contribution in [0.4, 0.5) is 0 Å². The highest BCUT2D eigenvalue weighted by Gasteiger charge is 2.43. The van der Waals surface area contributed by atoms with Crippen LogP contribution in [0.5, 0.6) is 0 Å². The van der Waals surface area contributed by atoms with Gasteiger partial charge in [0.15, 0.2) is 0 Å². The summed E-state index contributed by atoms with van der Waals surface area (Å²) < 4.78 is 0.379. The molecule has 1 nitrogen and oxygen atoms in total. The number of halogens is 1. The number of hydrogen-bond acceptors (Lipinski definition) is 1. The van der Waals surface area contributed by atoms with Gasteiger partial charge in [0, 0.05) is 15.8 Å². The minimum absolute atomic E-state index is 0.379. The molecule has 0 saturated heterocycles. The maximum absolute atomic E-state index is 11.3. The van der Waals surface area contributed by atoms with Gasteiger partial charge in [-0.05, 0) is 25.7 Å². The predicted molar refractivity (Wildman–Crippen MR) is 48.3 cm³/mol. The molecule has 0 aromatic heterocycles. The third-order valence-corrected chi connectivity index (χ3v) is 4.29. The van der Waals surface area contributed by atoms with E-state index in [1.807, 2.05) is 0 Å². The summed E-state index contributed by atoms with van der Waals surface area (Å²) in [5.74, 6) is 0.989. The molecule has 3 rings (SSSR count). The smallest absolute Gasteiger partial charge is 0.137 e. The van der Waals surface area contributed by atoms with Crippen molar-refractivity contribution in [2.45, 2.75) is 35.5 Å². The minimum atomic E-state index is 0.379. The Bertz CT molecular complexity index is 168. The zero-order valence-electron chi connectivity index (χ0n) is 5.90. The van der Waals surface area contributed by atoms with Crippen LogP contribution in [0.3, 0.4) is 0 Å². The first-order chi connectivity index (χ1) is 4.70. The van der Waals surface area contributed by atoms with Gasteiger partial charge in [-0.1, -0.05) is 22.6 Å². The average Bonchev–Trinajstić information content (AvgIpc) is 1.87. The molecule has 0 heterocycles. The molecule has 2 bridgehead atoms. The maximum Gasteiger partial charge on any atom is 0.137 e. The second kappa shape index (κ2) is 2.19. The van der Waals surface area contributed by atoms with Crippen LogP contribution in [-0.4, -0.2) is 9.20 Å². The summed E-state index contributed by atoms with van der Waals surface area (Å²) in [5, 5.41) is 0. The molecule has 0 aromatic carbocycles. The summed E-state index contributed by atoms with van der Waals surface area (Å²) in [5.41, 5.74) is 0. The second-order valence-corrected chi connectivity index (χ2v) is 5.86. The van der Waals surface area contributed by atoms with Crippen molar-refractivity contribution in [3.63, 3.8) is 0 Å². The zero-order chi connectivity index (χ0) is 7.19. The van der Waals surface area contributed by atoms with Gasteiger partial charge in [-0.25, -0.2) is 0 Å². The number of fused-ring (bicyclic) bond motifs is 3. The quantitative estimate of drug-likeness (QED) is 0.476. The van der Waals surface area contributed by atoms with Crippen molar-refractivity contribution >= 4 is 28.4 Å². The number of ketones is 1. The number of alkyl halides is 1. The van der Waals surface area contributed by atoms with Gasteiger partial charge in [-0.2, -0.15) is 0 Å². The van der Waals surface area contributed by atoms with E-state index in [0.717, 1.165) is 6.42 Å². The number of rotatable bonds is 0. The summed E-state index contributed by atoms with van der Waals surface area (Å²) in [4.78, 5) is 11.3. The van der Waals surface area contributed by atoms with Gasteiger partial charge in [0.1, 0.15) is 5.78 Å². The van der Waals surface area contributed by atoms with Gasteiger partial charge >= 0.3 is 0 Å². The Hall–Kier alpha value is 0.400. The lowest BCUT2D eigenvalue weighted by Crippen LogP contribution is -2.40. The number of Topliss-reactive ketones (excluding diaryl/α,β-unsaturated/α-hetero) is 1. The van der Waals surface area contributed by atoms with Crippen molar-refractivity contribution in [3.8, 4) is 0 Å². The Morgan fingerprint density at radius 1 is 1.40 bits per heavy atom. The molecule has 0 radical (unpaired) electrons. The van der Waals surface area contributed by atoms with Crippen LogP contribution in [0.2, 0.25) is 0 Å². The van der Waals surface area contributed by atoms with E-state index in [4.69, 9.17) is 0 Å². The summed E-state index contributed by atoms with van der Waals surface area (Å²) in [6.07, 6.45) is 5.76. The van der Waals surface area contributed by atoms with Crippen LogP contribution in [0.1, 0.15) is 32.1 Å². The molecule has 0 amide bonds. The Labute approximate surface area is 74.7 Å². The number of carbonyl (C=O) groups is 1. The fraction of sp³-hybridized carbons (Fsp3) is 0.875. The van der Waals surface area contributed by atoms with Crippen LogP contribution in [-0.2, 0) is 4.79 Å². The molecular formula is C8H11IO. The van der Waals surface area contributed by atoms with E-state index in [1.54, 1.807) is 0 Å². The van der Waals surface area contributed by atoms with Crippen molar-refractivity contribution < 1.29 is 4.79 Å². The molecule has 0 aromatic rings. The van der Waals surface area contributed by atoms with E-state index < -0.39 is 0 Å². The van der Waals surface area contributed by atoms with E-state index in [1.165, 1.54) is 25.7 Å².